The maximum Gasteiger partial charge on any atom is 0.268 e. The second-order valence-electron chi connectivity index (χ2n) is 9.28. The molecule has 37 heavy (non-hydrogen) atoms. The smallest absolute Gasteiger partial charge is 0.268 e. The summed E-state index contributed by atoms with van der Waals surface area (Å²) in [6.07, 6.45) is 5.45. The van der Waals surface area contributed by atoms with Gasteiger partial charge in [-0.1, -0.05) is 17.7 Å². The molecule has 1 fully saturated rings. The van der Waals surface area contributed by atoms with Crippen molar-refractivity contribution in [2.45, 2.75) is 49.6 Å². The van der Waals surface area contributed by atoms with Crippen LogP contribution in [0.3, 0.4) is 0 Å². The zero-order chi connectivity index (χ0) is 26.3. The van der Waals surface area contributed by atoms with Gasteiger partial charge >= 0.3 is 0 Å². The van der Waals surface area contributed by atoms with Gasteiger partial charge in [-0.25, -0.2) is 31.1 Å². The number of benzene rings is 2. The van der Waals surface area contributed by atoms with Crippen LogP contribution >= 0.6 is 0 Å². The molecule has 3 N–H and O–H groups in total. The van der Waals surface area contributed by atoms with Gasteiger partial charge in [-0.2, -0.15) is 5.26 Å². The molecule has 2 atom stereocenters. The fraction of sp³-hybridized carbons (Fsp3) is 0.269. The minimum Gasteiger partial charge on any atom is -0.365 e. The zero-order valence-corrected chi connectivity index (χ0v) is 20.8. The number of nitrogens with zero attached hydrogens (tertiary/aromatic N) is 4. The topological polar surface area (TPSA) is 127 Å². The van der Waals surface area contributed by atoms with Gasteiger partial charge in [0, 0.05) is 29.2 Å². The largest absolute Gasteiger partial charge is 0.365 e. The highest BCUT2D eigenvalue weighted by molar-refractivity contribution is 7.90. The molecular weight excluding hydrogens is 498 g/mol. The van der Waals surface area contributed by atoms with Crippen molar-refractivity contribution in [2.24, 2.45) is 5.73 Å². The molecule has 11 heteroatoms. The van der Waals surface area contributed by atoms with Crippen LogP contribution in [0.4, 0.5) is 14.6 Å². The number of fused-ring (bicyclic) bond motifs is 1. The fourth-order valence-electron chi connectivity index (χ4n) is 4.69. The number of nitrogens with two attached hydrogens (primary N) is 1. The van der Waals surface area contributed by atoms with E-state index in [1.165, 1.54) is 24.4 Å². The van der Waals surface area contributed by atoms with E-state index in [0.29, 0.717) is 6.42 Å². The normalized spacial score (nSPS) is 18.0. The van der Waals surface area contributed by atoms with Crippen molar-refractivity contribution >= 4 is 26.7 Å². The Morgan fingerprint density at radius 2 is 1.92 bits per heavy atom. The first-order valence-corrected chi connectivity index (χ1v) is 13.2. The van der Waals surface area contributed by atoms with Crippen molar-refractivity contribution < 1.29 is 17.2 Å². The van der Waals surface area contributed by atoms with Crippen LogP contribution in [-0.2, 0) is 10.0 Å². The zero-order valence-electron chi connectivity index (χ0n) is 19.9. The Bertz CT molecular complexity index is 1640. The first-order chi connectivity index (χ1) is 17.7. The van der Waals surface area contributed by atoms with Gasteiger partial charge in [0.25, 0.3) is 10.0 Å². The Balaban J connectivity index is 1.67. The van der Waals surface area contributed by atoms with Gasteiger partial charge in [-0.15, -0.1) is 0 Å². The molecule has 5 rings (SSSR count). The van der Waals surface area contributed by atoms with E-state index in [2.05, 4.69) is 15.3 Å². The standard InChI is InChI=1S/C26H24F2N6O2S/c1-15-5-7-19(8-6-15)37(35,36)34-14-21(20-9-16(12-29)10-22(27)24(20)34)25-31-13-23(28)26(33-25)32-18-4-2-3-17(30)11-18/h5-10,13-14,17-18H,2-4,11,30H2,1H3,(H,31,32,33)/t17-,18+/m1/s1. The molecule has 0 amide bonds. The number of nitriles is 1. The molecule has 0 radical (unpaired) electrons. The molecule has 0 spiro atoms. The summed E-state index contributed by atoms with van der Waals surface area (Å²) >= 11 is 0. The van der Waals surface area contributed by atoms with Crippen molar-refractivity contribution in [2.75, 3.05) is 5.32 Å². The van der Waals surface area contributed by atoms with E-state index in [0.717, 1.165) is 41.1 Å². The summed E-state index contributed by atoms with van der Waals surface area (Å²) in [5.74, 6) is -1.64. The molecule has 2 aromatic heterocycles. The third-order valence-corrected chi connectivity index (χ3v) is 8.24. The Morgan fingerprint density at radius 1 is 1.16 bits per heavy atom. The molecule has 1 aliphatic carbocycles. The third kappa shape index (κ3) is 4.65. The van der Waals surface area contributed by atoms with Crippen molar-refractivity contribution in [3.63, 3.8) is 0 Å². The summed E-state index contributed by atoms with van der Waals surface area (Å²) in [6, 6.07) is 10.3. The Morgan fingerprint density at radius 3 is 2.62 bits per heavy atom. The number of aromatic nitrogens is 3. The third-order valence-electron chi connectivity index (χ3n) is 6.57. The Kier molecular flexibility index (Phi) is 6.39. The molecular formula is C26H24F2N6O2S. The highest BCUT2D eigenvalue weighted by Gasteiger charge is 2.27. The van der Waals surface area contributed by atoms with E-state index in [-0.39, 0.29) is 50.7 Å². The SMILES string of the molecule is Cc1ccc(S(=O)(=O)n2cc(-c3ncc(F)c(N[C@H]4CCC[C@@H](N)C4)n3)c3cc(C#N)cc(F)c32)cc1. The molecule has 1 aliphatic rings. The number of hydrogen-bond acceptors (Lipinski definition) is 7. The van der Waals surface area contributed by atoms with E-state index in [9.17, 15) is 18.1 Å². The number of nitrogens with one attached hydrogen (secondary N) is 1. The predicted octanol–water partition coefficient (Wildman–Crippen LogP) is 4.48. The quantitative estimate of drug-likeness (QED) is 0.396. The number of aryl methyl sites for hydroxylation is 1. The number of anilines is 1. The van der Waals surface area contributed by atoms with Crippen molar-refractivity contribution in [3.8, 4) is 17.5 Å². The minimum atomic E-state index is -4.22. The average molecular weight is 523 g/mol. The minimum absolute atomic E-state index is 0.00612. The lowest BCUT2D eigenvalue weighted by molar-refractivity contribution is 0.407. The van der Waals surface area contributed by atoms with Crippen LogP contribution < -0.4 is 11.1 Å². The lowest BCUT2D eigenvalue weighted by Crippen LogP contribution is -2.35. The summed E-state index contributed by atoms with van der Waals surface area (Å²) in [5.41, 5.74) is 6.80. The molecule has 4 aromatic rings. The predicted molar refractivity (Wildman–Crippen MR) is 135 cm³/mol. The molecule has 190 valence electrons. The van der Waals surface area contributed by atoms with E-state index < -0.39 is 21.7 Å². The van der Waals surface area contributed by atoms with Crippen LogP contribution in [-0.4, -0.2) is 34.4 Å². The average Bonchev–Trinajstić information content (AvgIpc) is 3.27. The van der Waals surface area contributed by atoms with Crippen molar-refractivity contribution in [1.82, 2.24) is 13.9 Å². The maximum atomic E-state index is 15.3. The molecule has 1 saturated carbocycles. The molecule has 0 unspecified atom stereocenters. The first-order valence-electron chi connectivity index (χ1n) is 11.8. The van der Waals surface area contributed by atoms with Gasteiger partial charge < -0.3 is 11.1 Å². The first kappa shape index (κ1) is 24.8. The molecule has 8 nitrogen and oxygen atoms in total. The number of halogens is 2. The Labute approximate surface area is 212 Å². The van der Waals surface area contributed by atoms with Crippen molar-refractivity contribution in [3.05, 3.63) is 71.6 Å². The maximum absolute atomic E-state index is 15.3. The van der Waals surface area contributed by atoms with Gasteiger partial charge in [-0.3, -0.25) is 0 Å². The van der Waals surface area contributed by atoms with Crippen LogP contribution in [0.5, 0.6) is 0 Å². The lowest BCUT2D eigenvalue weighted by atomic mass is 9.92. The summed E-state index contributed by atoms with van der Waals surface area (Å²) in [5, 5.41) is 12.6. The summed E-state index contributed by atoms with van der Waals surface area (Å²) in [7, 11) is -4.22. The van der Waals surface area contributed by atoms with Gasteiger partial charge in [-0.05, 0) is 56.9 Å². The second kappa shape index (κ2) is 9.53. The van der Waals surface area contributed by atoms with Gasteiger partial charge in [0.2, 0.25) is 0 Å². The molecule has 0 bridgehead atoms. The highest BCUT2D eigenvalue weighted by atomic mass is 32.2. The molecule has 2 aromatic carbocycles. The second-order valence-corrected chi connectivity index (χ2v) is 11.1. The van der Waals surface area contributed by atoms with Crippen LogP contribution in [0.2, 0.25) is 0 Å². The van der Waals surface area contributed by atoms with E-state index in [1.54, 1.807) is 12.1 Å². The molecule has 0 aliphatic heterocycles. The molecule has 2 heterocycles. The highest BCUT2D eigenvalue weighted by Crippen LogP contribution is 2.35. The van der Waals surface area contributed by atoms with Crippen LogP contribution in [0.15, 0.2) is 53.7 Å². The van der Waals surface area contributed by atoms with E-state index in [1.807, 2.05) is 13.0 Å². The van der Waals surface area contributed by atoms with Gasteiger partial charge in [0.05, 0.1) is 22.7 Å². The molecule has 0 saturated heterocycles. The van der Waals surface area contributed by atoms with E-state index in [4.69, 9.17) is 5.73 Å². The van der Waals surface area contributed by atoms with Crippen LogP contribution in [0.1, 0.15) is 36.8 Å². The lowest BCUT2D eigenvalue weighted by Gasteiger charge is -2.27. The summed E-state index contributed by atoms with van der Waals surface area (Å²) in [4.78, 5) is 8.35. The summed E-state index contributed by atoms with van der Waals surface area (Å²) in [6.45, 7) is 1.82. The monoisotopic (exact) mass is 522 g/mol. The number of rotatable bonds is 5. The van der Waals surface area contributed by atoms with E-state index >= 15 is 4.39 Å². The van der Waals surface area contributed by atoms with Gasteiger partial charge in [0.1, 0.15) is 11.3 Å². The summed E-state index contributed by atoms with van der Waals surface area (Å²) < 4.78 is 57.8. The fourth-order valence-corrected chi connectivity index (χ4v) is 6.06. The Hall–Kier alpha value is -3.88. The van der Waals surface area contributed by atoms with Crippen LogP contribution in [0.25, 0.3) is 22.3 Å². The van der Waals surface area contributed by atoms with Crippen molar-refractivity contribution in [1.29, 1.82) is 5.26 Å². The van der Waals surface area contributed by atoms with Gasteiger partial charge in [0.15, 0.2) is 17.5 Å². The van der Waals surface area contributed by atoms with Crippen LogP contribution in [0, 0.1) is 29.9 Å². The number of hydrogen-bond donors (Lipinski definition) is 2.